The lowest BCUT2D eigenvalue weighted by Gasteiger charge is -2.32. The molecule has 39 heavy (non-hydrogen) atoms. The SMILES string of the molecule is COc1ccc(OCCCC(=O)N(Cc2ccc(F)cc2)C(Cc2ccccc2)C(=O)NC2CCCC2)cc1. The lowest BCUT2D eigenvalue weighted by atomic mass is 10.0. The second kappa shape index (κ2) is 14.3. The predicted molar refractivity (Wildman–Crippen MR) is 149 cm³/mol. The van der Waals surface area contributed by atoms with E-state index in [9.17, 15) is 14.0 Å². The molecule has 1 aliphatic carbocycles. The van der Waals surface area contributed by atoms with Gasteiger partial charge in [0.1, 0.15) is 23.4 Å². The van der Waals surface area contributed by atoms with Crippen molar-refractivity contribution >= 4 is 11.8 Å². The number of ether oxygens (including phenoxy) is 2. The number of nitrogens with one attached hydrogen (secondary N) is 1. The summed E-state index contributed by atoms with van der Waals surface area (Å²) >= 11 is 0. The van der Waals surface area contributed by atoms with Crippen LogP contribution in [0.4, 0.5) is 4.39 Å². The molecule has 4 rings (SSSR count). The normalized spacial score (nSPS) is 14.0. The highest BCUT2D eigenvalue weighted by molar-refractivity contribution is 5.88. The highest BCUT2D eigenvalue weighted by Crippen LogP contribution is 2.21. The molecule has 7 heteroatoms. The fourth-order valence-corrected chi connectivity index (χ4v) is 4.94. The second-order valence-corrected chi connectivity index (χ2v) is 9.97. The van der Waals surface area contributed by atoms with Gasteiger partial charge in [0.15, 0.2) is 0 Å². The molecule has 0 radical (unpaired) electrons. The molecule has 1 unspecified atom stereocenters. The van der Waals surface area contributed by atoms with Crippen molar-refractivity contribution in [3.63, 3.8) is 0 Å². The minimum Gasteiger partial charge on any atom is -0.497 e. The highest BCUT2D eigenvalue weighted by atomic mass is 19.1. The van der Waals surface area contributed by atoms with Crippen LogP contribution >= 0.6 is 0 Å². The monoisotopic (exact) mass is 532 g/mol. The van der Waals surface area contributed by atoms with Crippen LogP contribution in [-0.4, -0.2) is 42.5 Å². The summed E-state index contributed by atoms with van der Waals surface area (Å²) in [4.78, 5) is 29.0. The summed E-state index contributed by atoms with van der Waals surface area (Å²) in [5.74, 6) is 0.821. The minimum atomic E-state index is -0.687. The summed E-state index contributed by atoms with van der Waals surface area (Å²) < 4.78 is 24.6. The van der Waals surface area contributed by atoms with Gasteiger partial charge in [-0.05, 0) is 66.8 Å². The Bertz CT molecular complexity index is 1180. The van der Waals surface area contributed by atoms with Gasteiger partial charge in [0.05, 0.1) is 13.7 Å². The molecule has 3 aromatic carbocycles. The smallest absolute Gasteiger partial charge is 0.243 e. The molecular formula is C32H37FN2O4. The van der Waals surface area contributed by atoms with Crippen molar-refractivity contribution in [2.24, 2.45) is 0 Å². The maximum absolute atomic E-state index is 13.7. The van der Waals surface area contributed by atoms with Crippen LogP contribution in [0, 0.1) is 5.82 Å². The van der Waals surface area contributed by atoms with Gasteiger partial charge >= 0.3 is 0 Å². The molecule has 1 saturated carbocycles. The largest absolute Gasteiger partial charge is 0.497 e. The lowest BCUT2D eigenvalue weighted by molar-refractivity contribution is -0.141. The lowest BCUT2D eigenvalue weighted by Crippen LogP contribution is -2.52. The maximum Gasteiger partial charge on any atom is 0.243 e. The summed E-state index contributed by atoms with van der Waals surface area (Å²) in [6.45, 7) is 0.577. The average molecular weight is 533 g/mol. The van der Waals surface area contributed by atoms with Crippen LogP contribution in [0.15, 0.2) is 78.9 Å². The molecule has 0 saturated heterocycles. The maximum atomic E-state index is 13.7. The number of carbonyl (C=O) groups is 2. The van der Waals surface area contributed by atoms with E-state index in [0.717, 1.165) is 42.6 Å². The third-order valence-corrected chi connectivity index (χ3v) is 7.10. The van der Waals surface area contributed by atoms with Crippen LogP contribution in [-0.2, 0) is 22.6 Å². The van der Waals surface area contributed by atoms with Crippen molar-refractivity contribution in [3.05, 3.63) is 95.8 Å². The second-order valence-electron chi connectivity index (χ2n) is 9.97. The van der Waals surface area contributed by atoms with Crippen LogP contribution in [0.1, 0.15) is 49.7 Å². The van der Waals surface area contributed by atoms with Crippen molar-refractivity contribution in [2.75, 3.05) is 13.7 Å². The molecule has 0 spiro atoms. The van der Waals surface area contributed by atoms with Crippen molar-refractivity contribution in [1.82, 2.24) is 10.2 Å². The van der Waals surface area contributed by atoms with Gasteiger partial charge in [-0.2, -0.15) is 0 Å². The third kappa shape index (κ3) is 8.57. The number of benzene rings is 3. The minimum absolute atomic E-state index is 0.136. The number of hydrogen-bond acceptors (Lipinski definition) is 4. The Hall–Kier alpha value is -3.87. The summed E-state index contributed by atoms with van der Waals surface area (Å²) in [7, 11) is 1.61. The Morgan fingerprint density at radius 3 is 2.26 bits per heavy atom. The van der Waals surface area contributed by atoms with E-state index in [0.29, 0.717) is 25.2 Å². The first kappa shape index (κ1) is 28.1. The topological polar surface area (TPSA) is 67.9 Å². The molecule has 0 aliphatic heterocycles. The van der Waals surface area contributed by atoms with Crippen LogP contribution in [0.25, 0.3) is 0 Å². The number of amides is 2. The van der Waals surface area contributed by atoms with E-state index >= 15 is 0 Å². The number of halogens is 1. The van der Waals surface area contributed by atoms with E-state index in [1.165, 1.54) is 12.1 Å². The highest BCUT2D eigenvalue weighted by Gasteiger charge is 2.32. The number of nitrogens with zero attached hydrogens (tertiary/aromatic N) is 1. The van der Waals surface area contributed by atoms with Gasteiger partial charge in [-0.25, -0.2) is 4.39 Å². The van der Waals surface area contributed by atoms with Gasteiger partial charge in [0, 0.05) is 25.4 Å². The first-order valence-electron chi connectivity index (χ1n) is 13.7. The first-order valence-corrected chi connectivity index (χ1v) is 13.7. The van der Waals surface area contributed by atoms with E-state index in [2.05, 4.69) is 5.32 Å². The standard InChI is InChI=1S/C32H37FN2O4/c1-38-28-17-19-29(20-18-28)39-21-7-12-31(36)35(23-25-13-15-26(33)16-14-25)30(22-24-8-3-2-4-9-24)32(37)34-27-10-5-6-11-27/h2-4,8-9,13-20,27,30H,5-7,10-12,21-23H2,1H3,(H,34,37). The molecule has 0 bridgehead atoms. The van der Waals surface area contributed by atoms with Crippen LogP contribution < -0.4 is 14.8 Å². The Labute approximate surface area is 230 Å². The van der Waals surface area contributed by atoms with Gasteiger partial charge in [0.2, 0.25) is 11.8 Å². The van der Waals surface area contributed by atoms with Crippen molar-refractivity contribution in [2.45, 2.75) is 63.6 Å². The van der Waals surface area contributed by atoms with Crippen LogP contribution in [0.5, 0.6) is 11.5 Å². The Balaban J connectivity index is 1.49. The zero-order chi connectivity index (χ0) is 27.5. The van der Waals surface area contributed by atoms with Crippen molar-refractivity contribution in [3.8, 4) is 11.5 Å². The molecule has 2 amide bonds. The van der Waals surface area contributed by atoms with Gasteiger partial charge in [-0.1, -0.05) is 55.3 Å². The average Bonchev–Trinajstić information content (AvgIpc) is 3.48. The number of carbonyl (C=O) groups excluding carboxylic acids is 2. The van der Waals surface area contributed by atoms with Crippen LogP contribution in [0.3, 0.4) is 0 Å². The summed E-state index contributed by atoms with van der Waals surface area (Å²) in [5.41, 5.74) is 1.75. The van der Waals surface area contributed by atoms with Crippen LogP contribution in [0.2, 0.25) is 0 Å². The first-order chi connectivity index (χ1) is 19.0. The summed E-state index contributed by atoms with van der Waals surface area (Å²) in [6.07, 6.45) is 5.22. The van der Waals surface area contributed by atoms with E-state index in [1.807, 2.05) is 54.6 Å². The van der Waals surface area contributed by atoms with E-state index in [4.69, 9.17) is 9.47 Å². The molecule has 1 atom stereocenters. The zero-order valence-electron chi connectivity index (χ0n) is 22.5. The molecule has 6 nitrogen and oxygen atoms in total. The molecule has 0 aromatic heterocycles. The fraction of sp³-hybridized carbons (Fsp3) is 0.375. The van der Waals surface area contributed by atoms with Gasteiger partial charge in [0.25, 0.3) is 0 Å². The van der Waals surface area contributed by atoms with Gasteiger partial charge < -0.3 is 19.7 Å². The fourth-order valence-electron chi connectivity index (χ4n) is 4.94. The Morgan fingerprint density at radius 2 is 1.59 bits per heavy atom. The molecule has 206 valence electrons. The molecule has 0 heterocycles. The molecular weight excluding hydrogens is 495 g/mol. The predicted octanol–water partition coefficient (Wildman–Crippen LogP) is 5.69. The number of rotatable bonds is 13. The quantitative estimate of drug-likeness (QED) is 0.287. The molecule has 1 aliphatic rings. The van der Waals surface area contributed by atoms with E-state index < -0.39 is 6.04 Å². The summed E-state index contributed by atoms with van der Waals surface area (Å²) in [5, 5.41) is 3.20. The van der Waals surface area contributed by atoms with Gasteiger partial charge in [-0.3, -0.25) is 9.59 Å². The van der Waals surface area contributed by atoms with E-state index in [-0.39, 0.29) is 36.6 Å². The summed E-state index contributed by atoms with van der Waals surface area (Å²) in [6, 6.07) is 22.6. The molecule has 1 fully saturated rings. The Morgan fingerprint density at radius 1 is 0.923 bits per heavy atom. The van der Waals surface area contributed by atoms with Crippen molar-refractivity contribution in [1.29, 1.82) is 0 Å². The zero-order valence-corrected chi connectivity index (χ0v) is 22.5. The van der Waals surface area contributed by atoms with Gasteiger partial charge in [-0.15, -0.1) is 0 Å². The number of methoxy groups -OCH3 is 1. The van der Waals surface area contributed by atoms with E-state index in [1.54, 1.807) is 24.1 Å². The van der Waals surface area contributed by atoms with Crippen molar-refractivity contribution < 1.29 is 23.5 Å². The molecule has 3 aromatic rings. The third-order valence-electron chi connectivity index (χ3n) is 7.10. The Kier molecular flexibility index (Phi) is 10.3. The molecule has 1 N–H and O–H groups in total. The number of hydrogen-bond donors (Lipinski definition) is 1.